The molecule has 0 bridgehead atoms. The molecule has 2 N–H and O–H groups in total. The molecule has 2 aliphatic rings. The standard InChI is InChI=1S/2C4H5FO2/c2*5-3-1-2(3)4(6)7/h2*2-3H,1H2,(H,6,7)/t2*2-,3-/m10/s1. The third-order valence-electron chi connectivity index (χ3n) is 2.06. The topological polar surface area (TPSA) is 74.6 Å². The molecule has 80 valence electrons. The highest BCUT2D eigenvalue weighted by Crippen LogP contribution is 2.33. The van der Waals surface area contributed by atoms with Crippen LogP contribution in [0.5, 0.6) is 0 Å². The van der Waals surface area contributed by atoms with Gasteiger partial charge in [0.15, 0.2) is 0 Å². The first-order valence-corrected chi connectivity index (χ1v) is 4.17. The minimum atomic E-state index is -1.06. The van der Waals surface area contributed by atoms with Crippen LogP contribution in [0.15, 0.2) is 0 Å². The highest BCUT2D eigenvalue weighted by atomic mass is 19.1. The largest absolute Gasteiger partial charge is 0.481 e. The van der Waals surface area contributed by atoms with Gasteiger partial charge in [-0.25, -0.2) is 8.78 Å². The Morgan fingerprint density at radius 1 is 0.929 bits per heavy atom. The molecular formula is C8H10F2O4. The summed E-state index contributed by atoms with van der Waals surface area (Å²) in [6.45, 7) is 0. The normalized spacial score (nSPS) is 37.9. The molecule has 0 aromatic rings. The average molecular weight is 208 g/mol. The Kier molecular flexibility index (Phi) is 3.03. The van der Waals surface area contributed by atoms with E-state index in [-0.39, 0.29) is 12.8 Å². The Hall–Kier alpha value is -1.20. The van der Waals surface area contributed by atoms with Gasteiger partial charge in [-0.3, -0.25) is 9.59 Å². The average Bonchev–Trinajstić information content (AvgIpc) is 2.90. The summed E-state index contributed by atoms with van der Waals surface area (Å²) in [7, 11) is 0. The van der Waals surface area contributed by atoms with E-state index >= 15 is 0 Å². The molecule has 2 aliphatic carbocycles. The van der Waals surface area contributed by atoms with Gasteiger partial charge in [-0.2, -0.15) is 0 Å². The van der Waals surface area contributed by atoms with Gasteiger partial charge in [-0.1, -0.05) is 0 Å². The first-order chi connectivity index (χ1) is 6.43. The van der Waals surface area contributed by atoms with Gasteiger partial charge in [-0.05, 0) is 12.8 Å². The Bertz CT molecular complexity index is 230. The number of halogens is 2. The van der Waals surface area contributed by atoms with E-state index in [0.29, 0.717) is 0 Å². The minimum Gasteiger partial charge on any atom is -0.481 e. The summed E-state index contributed by atoms with van der Waals surface area (Å²) in [4.78, 5) is 19.5. The quantitative estimate of drug-likeness (QED) is 0.705. The Morgan fingerprint density at radius 3 is 1.14 bits per heavy atom. The van der Waals surface area contributed by atoms with Crippen molar-refractivity contribution in [2.24, 2.45) is 11.8 Å². The second kappa shape index (κ2) is 3.89. The molecule has 4 nitrogen and oxygen atoms in total. The van der Waals surface area contributed by atoms with Crippen LogP contribution in [0.1, 0.15) is 12.8 Å². The Balaban J connectivity index is 0.000000140. The molecule has 0 unspecified atom stereocenters. The lowest BCUT2D eigenvalue weighted by molar-refractivity contribution is -0.139. The maximum atomic E-state index is 11.6. The molecule has 2 saturated carbocycles. The summed E-state index contributed by atoms with van der Waals surface area (Å²) in [5.41, 5.74) is 0. The van der Waals surface area contributed by atoms with Gasteiger partial charge in [0.2, 0.25) is 0 Å². The van der Waals surface area contributed by atoms with Crippen LogP contribution in [-0.4, -0.2) is 34.5 Å². The molecule has 2 fully saturated rings. The number of carboxylic acids is 2. The fourth-order valence-electron chi connectivity index (χ4n) is 0.839. The summed E-state index contributed by atoms with van der Waals surface area (Å²) in [6, 6.07) is 0. The Labute approximate surface area is 78.5 Å². The van der Waals surface area contributed by atoms with Crippen molar-refractivity contribution >= 4 is 11.9 Å². The predicted molar refractivity (Wildman–Crippen MR) is 41.3 cm³/mol. The van der Waals surface area contributed by atoms with Gasteiger partial charge in [0.1, 0.15) is 12.3 Å². The molecule has 2 rings (SSSR count). The van der Waals surface area contributed by atoms with Crippen molar-refractivity contribution in [3.05, 3.63) is 0 Å². The van der Waals surface area contributed by atoms with Crippen LogP contribution in [0, 0.1) is 11.8 Å². The van der Waals surface area contributed by atoms with Crippen molar-refractivity contribution in [2.75, 3.05) is 0 Å². The molecule has 4 atom stereocenters. The summed E-state index contributed by atoms with van der Waals surface area (Å²) >= 11 is 0. The van der Waals surface area contributed by atoms with Crippen LogP contribution < -0.4 is 0 Å². The molecule has 0 heterocycles. The zero-order valence-electron chi connectivity index (χ0n) is 7.19. The SMILES string of the molecule is O=C(O)[C@@H]1C[C@H]1F.O=C(O)[C@H]1C[C@@H]1F. The number of carboxylic acid groups (broad SMARTS) is 2. The van der Waals surface area contributed by atoms with Crippen molar-refractivity contribution in [3.8, 4) is 0 Å². The van der Waals surface area contributed by atoms with Gasteiger partial charge in [0, 0.05) is 0 Å². The van der Waals surface area contributed by atoms with E-state index in [1.165, 1.54) is 0 Å². The summed E-state index contributed by atoms with van der Waals surface area (Å²) < 4.78 is 23.3. The summed E-state index contributed by atoms with van der Waals surface area (Å²) in [6.07, 6.45) is -1.68. The molecule has 14 heavy (non-hydrogen) atoms. The Morgan fingerprint density at radius 2 is 1.14 bits per heavy atom. The fraction of sp³-hybridized carbons (Fsp3) is 0.750. The minimum absolute atomic E-state index is 0.218. The van der Waals surface area contributed by atoms with E-state index in [2.05, 4.69) is 0 Å². The van der Waals surface area contributed by atoms with Gasteiger partial charge >= 0.3 is 11.9 Å². The number of aliphatic carboxylic acids is 2. The van der Waals surface area contributed by atoms with E-state index in [4.69, 9.17) is 10.2 Å². The van der Waals surface area contributed by atoms with Crippen LogP contribution in [0.4, 0.5) is 8.78 Å². The smallest absolute Gasteiger partial charge is 0.309 e. The number of hydrogen-bond donors (Lipinski definition) is 2. The van der Waals surface area contributed by atoms with Gasteiger partial charge in [-0.15, -0.1) is 0 Å². The molecule has 0 aromatic heterocycles. The van der Waals surface area contributed by atoms with E-state index in [9.17, 15) is 18.4 Å². The highest BCUT2D eigenvalue weighted by Gasteiger charge is 2.44. The lowest BCUT2D eigenvalue weighted by Gasteiger charge is -1.77. The van der Waals surface area contributed by atoms with Crippen LogP contribution >= 0.6 is 0 Å². The number of hydrogen-bond acceptors (Lipinski definition) is 2. The zero-order valence-corrected chi connectivity index (χ0v) is 7.19. The van der Waals surface area contributed by atoms with E-state index in [1.807, 2.05) is 0 Å². The van der Waals surface area contributed by atoms with Crippen molar-refractivity contribution in [1.29, 1.82) is 0 Å². The maximum Gasteiger partial charge on any atom is 0.309 e. The first kappa shape index (κ1) is 10.9. The summed E-state index contributed by atoms with van der Waals surface area (Å²) in [5, 5.41) is 16.0. The molecule has 0 radical (unpaired) electrons. The van der Waals surface area contributed by atoms with Gasteiger partial charge in [0.25, 0.3) is 0 Å². The van der Waals surface area contributed by atoms with Crippen LogP contribution in [0.2, 0.25) is 0 Å². The zero-order chi connectivity index (χ0) is 10.9. The molecule has 0 aliphatic heterocycles. The van der Waals surface area contributed by atoms with Crippen LogP contribution in [0.25, 0.3) is 0 Å². The molecular weight excluding hydrogens is 198 g/mol. The molecule has 0 aromatic carbocycles. The van der Waals surface area contributed by atoms with Gasteiger partial charge in [0.05, 0.1) is 11.8 Å². The molecule has 0 amide bonds. The fourth-order valence-corrected chi connectivity index (χ4v) is 0.839. The van der Waals surface area contributed by atoms with E-state index in [0.717, 1.165) is 0 Å². The lowest BCUT2D eigenvalue weighted by Crippen LogP contribution is -1.98. The van der Waals surface area contributed by atoms with E-state index < -0.39 is 36.1 Å². The van der Waals surface area contributed by atoms with E-state index in [1.54, 1.807) is 0 Å². The van der Waals surface area contributed by atoms with Gasteiger partial charge < -0.3 is 10.2 Å². The number of carbonyl (C=O) groups is 2. The third-order valence-corrected chi connectivity index (χ3v) is 2.06. The number of alkyl halides is 2. The predicted octanol–water partition coefficient (Wildman–Crippen LogP) is 0.858. The van der Waals surface area contributed by atoms with Crippen LogP contribution in [-0.2, 0) is 9.59 Å². The molecule has 0 spiro atoms. The second-order valence-electron chi connectivity index (χ2n) is 3.39. The summed E-state index contributed by atoms with van der Waals surface area (Å²) in [5.74, 6) is -3.38. The van der Waals surface area contributed by atoms with Crippen molar-refractivity contribution in [1.82, 2.24) is 0 Å². The maximum absolute atomic E-state index is 11.6. The highest BCUT2D eigenvalue weighted by molar-refractivity contribution is 5.74. The third kappa shape index (κ3) is 2.93. The lowest BCUT2D eigenvalue weighted by atomic mass is 10.4. The van der Waals surface area contributed by atoms with Crippen LogP contribution in [0.3, 0.4) is 0 Å². The molecule has 6 heteroatoms. The second-order valence-corrected chi connectivity index (χ2v) is 3.39. The first-order valence-electron chi connectivity index (χ1n) is 4.17. The molecule has 0 saturated heterocycles. The van der Waals surface area contributed by atoms with Crippen molar-refractivity contribution in [3.63, 3.8) is 0 Å². The van der Waals surface area contributed by atoms with Crippen molar-refractivity contribution < 1.29 is 28.6 Å². The van der Waals surface area contributed by atoms with Crippen molar-refractivity contribution in [2.45, 2.75) is 25.2 Å². The number of rotatable bonds is 2. The monoisotopic (exact) mass is 208 g/mol.